The lowest BCUT2D eigenvalue weighted by molar-refractivity contribution is -0.139. The van der Waals surface area contributed by atoms with Crippen molar-refractivity contribution in [3.8, 4) is 0 Å². The number of benzene rings is 1. The summed E-state index contributed by atoms with van der Waals surface area (Å²) < 4.78 is 0. The van der Waals surface area contributed by atoms with Crippen molar-refractivity contribution in [2.45, 2.75) is 18.9 Å². The van der Waals surface area contributed by atoms with Gasteiger partial charge in [0, 0.05) is 39.4 Å². The van der Waals surface area contributed by atoms with E-state index in [2.05, 4.69) is 44.7 Å². The zero-order valence-electron chi connectivity index (χ0n) is 17.0. The topological polar surface area (TPSA) is 67.9 Å². The Balaban J connectivity index is 1.96. The Hall–Kier alpha value is -2.12. The van der Waals surface area contributed by atoms with E-state index in [1.807, 2.05) is 33.1 Å². The van der Waals surface area contributed by atoms with E-state index in [9.17, 15) is 9.59 Å². The molecule has 0 unspecified atom stereocenters. The molecule has 0 bridgehead atoms. The van der Waals surface area contributed by atoms with Crippen molar-refractivity contribution in [3.05, 3.63) is 29.8 Å². The van der Waals surface area contributed by atoms with Crippen molar-refractivity contribution in [1.29, 1.82) is 0 Å². The van der Waals surface area contributed by atoms with Gasteiger partial charge in [-0.05, 0) is 57.7 Å². The Labute approximate surface area is 162 Å². The number of carbonyl (C=O) groups is 2. The largest absolute Gasteiger partial charge is 0.378 e. The molecular weight excluding hydrogens is 342 g/mol. The van der Waals surface area contributed by atoms with Gasteiger partial charge in [0.15, 0.2) is 0 Å². The van der Waals surface area contributed by atoms with Crippen LogP contribution in [-0.4, -0.2) is 82.5 Å². The summed E-state index contributed by atoms with van der Waals surface area (Å²) in [6, 6.07) is 8.49. The molecule has 1 fully saturated rings. The number of likely N-dealkylation sites (tertiary alicyclic amines) is 1. The third-order valence-corrected chi connectivity index (χ3v) is 4.88. The minimum atomic E-state index is -0.569. The number of carbonyl (C=O) groups excluding carboxylic acids is 2. The van der Waals surface area contributed by atoms with Crippen LogP contribution in [0.3, 0.4) is 0 Å². The van der Waals surface area contributed by atoms with Crippen molar-refractivity contribution >= 4 is 17.5 Å². The van der Waals surface area contributed by atoms with Crippen LogP contribution in [0.4, 0.5) is 5.69 Å². The van der Waals surface area contributed by atoms with E-state index in [1.54, 1.807) is 0 Å². The van der Waals surface area contributed by atoms with E-state index in [4.69, 9.17) is 0 Å². The molecule has 1 aliphatic rings. The predicted octanol–water partition coefficient (Wildman–Crippen LogP) is 0.684. The molecule has 7 heteroatoms. The van der Waals surface area contributed by atoms with Gasteiger partial charge in [-0.1, -0.05) is 12.1 Å². The first-order valence-electron chi connectivity index (χ1n) is 9.60. The zero-order valence-corrected chi connectivity index (χ0v) is 17.0. The number of nitrogens with one attached hydrogen (secondary N) is 2. The molecule has 0 aromatic heterocycles. The highest BCUT2D eigenvalue weighted by Crippen LogP contribution is 2.26. The molecule has 27 heavy (non-hydrogen) atoms. The molecule has 1 saturated heterocycles. The molecule has 0 saturated carbocycles. The molecule has 1 aliphatic heterocycles. The monoisotopic (exact) mass is 375 g/mol. The lowest BCUT2D eigenvalue weighted by Crippen LogP contribution is -2.45. The van der Waals surface area contributed by atoms with Crippen LogP contribution < -0.4 is 15.5 Å². The first-order chi connectivity index (χ1) is 12.9. The van der Waals surface area contributed by atoms with E-state index in [-0.39, 0.29) is 6.04 Å². The lowest BCUT2D eigenvalue weighted by atomic mass is 10.0. The normalized spacial score (nSPS) is 15.6. The van der Waals surface area contributed by atoms with Crippen molar-refractivity contribution in [3.63, 3.8) is 0 Å². The fraction of sp³-hybridized carbons (Fsp3) is 0.600. The average Bonchev–Trinajstić information content (AvgIpc) is 3.16. The second-order valence-electron chi connectivity index (χ2n) is 7.51. The first-order valence-corrected chi connectivity index (χ1v) is 9.60. The average molecular weight is 376 g/mol. The Morgan fingerprint density at radius 1 is 1.00 bits per heavy atom. The number of nitrogens with zero attached hydrogens (tertiary/aromatic N) is 3. The molecular formula is C20H33N5O2. The van der Waals surface area contributed by atoms with Gasteiger partial charge in [0.1, 0.15) is 0 Å². The molecule has 1 heterocycles. The quantitative estimate of drug-likeness (QED) is 0.654. The number of amides is 2. The number of hydrogen-bond donors (Lipinski definition) is 2. The highest BCUT2D eigenvalue weighted by Gasteiger charge is 2.25. The predicted molar refractivity (Wildman–Crippen MR) is 109 cm³/mol. The third kappa shape index (κ3) is 6.52. The Kier molecular flexibility index (Phi) is 8.06. The van der Waals surface area contributed by atoms with Gasteiger partial charge in [-0.3, -0.25) is 14.5 Å². The summed E-state index contributed by atoms with van der Waals surface area (Å²) in [6.45, 7) is 3.63. The second kappa shape index (κ2) is 10.3. The molecule has 7 nitrogen and oxygen atoms in total. The van der Waals surface area contributed by atoms with Gasteiger partial charge in [-0.25, -0.2) is 0 Å². The maximum atomic E-state index is 12.2. The molecule has 150 valence electrons. The number of likely N-dealkylation sites (N-methyl/N-ethyl adjacent to an activating group) is 1. The van der Waals surface area contributed by atoms with Gasteiger partial charge >= 0.3 is 11.8 Å². The minimum Gasteiger partial charge on any atom is -0.378 e. The summed E-state index contributed by atoms with van der Waals surface area (Å²) in [7, 11) is 7.88. The van der Waals surface area contributed by atoms with E-state index in [0.29, 0.717) is 19.6 Å². The fourth-order valence-electron chi connectivity index (χ4n) is 3.25. The Morgan fingerprint density at radius 3 is 2.15 bits per heavy atom. The molecule has 1 atom stereocenters. The molecule has 2 N–H and O–H groups in total. The number of hydrogen-bond acceptors (Lipinski definition) is 5. The van der Waals surface area contributed by atoms with Gasteiger partial charge in [-0.15, -0.1) is 0 Å². The van der Waals surface area contributed by atoms with E-state index in [0.717, 1.165) is 24.3 Å². The summed E-state index contributed by atoms with van der Waals surface area (Å²) in [5.41, 5.74) is 2.30. The smallest absolute Gasteiger partial charge is 0.309 e. The minimum absolute atomic E-state index is 0.0854. The van der Waals surface area contributed by atoms with Crippen LogP contribution in [0.15, 0.2) is 24.3 Å². The molecule has 2 amide bonds. The van der Waals surface area contributed by atoms with Crippen molar-refractivity contribution in [2.24, 2.45) is 0 Å². The SMILES string of the molecule is CN(C)CCNC(=O)C(=O)NC[C@H](c1ccc(N(C)C)cc1)N1CCCC1. The second-order valence-corrected chi connectivity index (χ2v) is 7.51. The van der Waals surface area contributed by atoms with Gasteiger partial charge in [0.05, 0.1) is 6.04 Å². The van der Waals surface area contributed by atoms with Crippen LogP contribution in [-0.2, 0) is 9.59 Å². The number of rotatable bonds is 8. The summed E-state index contributed by atoms with van der Waals surface area (Å²) in [4.78, 5) is 30.5. The van der Waals surface area contributed by atoms with Crippen LogP contribution in [0.2, 0.25) is 0 Å². The maximum absolute atomic E-state index is 12.2. The lowest BCUT2D eigenvalue weighted by Gasteiger charge is -2.28. The zero-order chi connectivity index (χ0) is 19.8. The molecule has 2 rings (SSSR count). The van der Waals surface area contributed by atoms with E-state index in [1.165, 1.54) is 12.8 Å². The van der Waals surface area contributed by atoms with Gasteiger partial charge < -0.3 is 20.4 Å². The summed E-state index contributed by atoms with van der Waals surface area (Å²) in [5.74, 6) is -1.14. The van der Waals surface area contributed by atoms with Crippen molar-refractivity contribution < 1.29 is 9.59 Å². The Morgan fingerprint density at radius 2 is 1.59 bits per heavy atom. The van der Waals surface area contributed by atoms with Crippen molar-refractivity contribution in [1.82, 2.24) is 20.4 Å². The van der Waals surface area contributed by atoms with Gasteiger partial charge in [0.25, 0.3) is 0 Å². The first kappa shape index (κ1) is 21.2. The summed E-state index contributed by atoms with van der Waals surface area (Å²) in [5, 5.41) is 5.47. The third-order valence-electron chi connectivity index (χ3n) is 4.88. The highest BCUT2D eigenvalue weighted by molar-refractivity contribution is 6.35. The van der Waals surface area contributed by atoms with E-state index < -0.39 is 11.8 Å². The van der Waals surface area contributed by atoms with Gasteiger partial charge in [0.2, 0.25) is 0 Å². The fourth-order valence-corrected chi connectivity index (χ4v) is 3.25. The van der Waals surface area contributed by atoms with Crippen LogP contribution in [0.25, 0.3) is 0 Å². The molecule has 1 aromatic carbocycles. The molecule has 0 spiro atoms. The summed E-state index contributed by atoms with van der Waals surface area (Å²) >= 11 is 0. The van der Waals surface area contributed by atoms with Crippen molar-refractivity contribution in [2.75, 3.05) is 65.8 Å². The molecule has 0 radical (unpaired) electrons. The van der Waals surface area contributed by atoms with Crippen LogP contribution in [0.5, 0.6) is 0 Å². The Bertz CT molecular complexity index is 609. The van der Waals surface area contributed by atoms with Crippen LogP contribution >= 0.6 is 0 Å². The number of anilines is 1. The highest BCUT2D eigenvalue weighted by atomic mass is 16.2. The van der Waals surface area contributed by atoms with Crippen LogP contribution in [0.1, 0.15) is 24.4 Å². The van der Waals surface area contributed by atoms with Crippen LogP contribution in [0, 0.1) is 0 Å². The summed E-state index contributed by atoms with van der Waals surface area (Å²) in [6.07, 6.45) is 2.34. The molecule has 0 aliphatic carbocycles. The maximum Gasteiger partial charge on any atom is 0.309 e. The van der Waals surface area contributed by atoms with Gasteiger partial charge in [-0.2, -0.15) is 0 Å². The van der Waals surface area contributed by atoms with E-state index >= 15 is 0 Å². The molecule has 1 aromatic rings. The standard InChI is InChI=1S/C20H33N5O2/c1-23(2)14-11-21-19(26)20(27)22-15-18(25-12-5-6-13-25)16-7-9-17(10-8-16)24(3)4/h7-10,18H,5-6,11-15H2,1-4H3,(H,21,26)(H,22,27)/t18-/m1/s1.